The van der Waals surface area contributed by atoms with E-state index in [0.717, 1.165) is 6.07 Å². The maximum absolute atomic E-state index is 11.0. The highest BCUT2D eigenvalue weighted by molar-refractivity contribution is 5.92. The molecular weight excluding hydrogens is 264 g/mol. The number of hydrogen-bond acceptors (Lipinski definition) is 6. The van der Waals surface area contributed by atoms with E-state index in [0.29, 0.717) is 11.0 Å². The molecule has 3 aromatic rings. The first kappa shape index (κ1) is 11.9. The van der Waals surface area contributed by atoms with Crippen molar-refractivity contribution >= 4 is 33.4 Å². The van der Waals surface area contributed by atoms with Crippen LogP contribution in [0.2, 0.25) is 0 Å². The van der Waals surface area contributed by atoms with Crippen LogP contribution in [-0.4, -0.2) is 19.8 Å². The van der Waals surface area contributed by atoms with Gasteiger partial charge in [-0.05, 0) is 12.1 Å². The summed E-state index contributed by atoms with van der Waals surface area (Å²) in [7, 11) is 0. The van der Waals surface area contributed by atoms with Crippen LogP contribution < -0.4 is 0 Å². The summed E-state index contributed by atoms with van der Waals surface area (Å²) in [6.07, 6.45) is 0. The minimum atomic E-state index is -0.696. The second kappa shape index (κ2) is 4.19. The highest BCUT2D eigenvalue weighted by Crippen LogP contribution is 2.29. The molecule has 0 aliphatic rings. The molecule has 0 radical (unpaired) electrons. The number of aromatic nitrogens is 2. The van der Waals surface area contributed by atoms with E-state index >= 15 is 0 Å². The standard InChI is InChI=1S/C12H6N4O4/c17-15(18)7-5-10-12(11(6-7)16(19)20)14-9-4-2-1-3-8(9)13-10/h1-6H. The fraction of sp³-hybridized carbons (Fsp3) is 0. The van der Waals surface area contributed by atoms with Gasteiger partial charge in [0.25, 0.3) is 5.69 Å². The van der Waals surface area contributed by atoms with Crippen LogP contribution in [0.4, 0.5) is 11.4 Å². The topological polar surface area (TPSA) is 112 Å². The molecular formula is C12H6N4O4. The Morgan fingerprint density at radius 1 is 0.850 bits per heavy atom. The number of benzene rings is 2. The van der Waals surface area contributed by atoms with E-state index in [1.165, 1.54) is 6.07 Å². The molecule has 20 heavy (non-hydrogen) atoms. The molecule has 0 fully saturated rings. The molecule has 0 spiro atoms. The predicted molar refractivity (Wildman–Crippen MR) is 70.4 cm³/mol. The smallest absolute Gasteiger partial charge is 0.258 e. The van der Waals surface area contributed by atoms with Crippen LogP contribution >= 0.6 is 0 Å². The number of nitro benzene ring substituents is 2. The fourth-order valence-electron chi connectivity index (χ4n) is 1.94. The van der Waals surface area contributed by atoms with Gasteiger partial charge in [-0.3, -0.25) is 20.2 Å². The van der Waals surface area contributed by atoms with Gasteiger partial charge < -0.3 is 0 Å². The maximum Gasteiger partial charge on any atom is 0.303 e. The summed E-state index contributed by atoms with van der Waals surface area (Å²) in [6, 6.07) is 8.92. The maximum atomic E-state index is 11.0. The highest BCUT2D eigenvalue weighted by atomic mass is 16.6. The molecule has 0 atom stereocenters. The minimum absolute atomic E-state index is 0.0410. The van der Waals surface area contributed by atoms with Gasteiger partial charge in [-0.25, -0.2) is 9.97 Å². The van der Waals surface area contributed by atoms with Gasteiger partial charge in [0.05, 0.1) is 26.9 Å². The van der Waals surface area contributed by atoms with Crippen molar-refractivity contribution in [3.8, 4) is 0 Å². The van der Waals surface area contributed by atoms with Crippen molar-refractivity contribution in [3.05, 3.63) is 56.6 Å². The average molecular weight is 270 g/mol. The minimum Gasteiger partial charge on any atom is -0.258 e. The molecule has 8 heteroatoms. The van der Waals surface area contributed by atoms with E-state index < -0.39 is 15.5 Å². The molecule has 0 saturated heterocycles. The largest absolute Gasteiger partial charge is 0.303 e. The number of nitrogens with zero attached hydrogens (tertiary/aromatic N) is 4. The summed E-state index contributed by atoms with van der Waals surface area (Å²) in [4.78, 5) is 28.8. The van der Waals surface area contributed by atoms with E-state index in [9.17, 15) is 20.2 Å². The van der Waals surface area contributed by atoms with Gasteiger partial charge >= 0.3 is 5.69 Å². The van der Waals surface area contributed by atoms with Crippen LogP contribution in [0, 0.1) is 20.2 Å². The van der Waals surface area contributed by atoms with Crippen molar-refractivity contribution in [1.82, 2.24) is 9.97 Å². The molecule has 3 rings (SSSR count). The van der Waals surface area contributed by atoms with E-state index in [-0.39, 0.29) is 16.7 Å². The molecule has 8 nitrogen and oxygen atoms in total. The second-order valence-electron chi connectivity index (χ2n) is 4.06. The predicted octanol–water partition coefficient (Wildman–Crippen LogP) is 2.60. The molecule has 0 bridgehead atoms. The molecule has 0 aliphatic carbocycles. The lowest BCUT2D eigenvalue weighted by atomic mass is 10.2. The monoisotopic (exact) mass is 270 g/mol. The number of para-hydroxylation sites is 2. The zero-order valence-electron chi connectivity index (χ0n) is 9.89. The van der Waals surface area contributed by atoms with Crippen molar-refractivity contribution < 1.29 is 9.85 Å². The van der Waals surface area contributed by atoms with Crippen molar-refractivity contribution in [3.63, 3.8) is 0 Å². The van der Waals surface area contributed by atoms with Gasteiger partial charge in [0, 0.05) is 6.07 Å². The van der Waals surface area contributed by atoms with Crippen LogP contribution in [0.15, 0.2) is 36.4 Å². The van der Waals surface area contributed by atoms with Gasteiger partial charge in [0.2, 0.25) is 0 Å². The Balaban J connectivity index is 2.46. The molecule has 0 unspecified atom stereocenters. The Hall–Kier alpha value is -3.16. The van der Waals surface area contributed by atoms with E-state index in [1.807, 2.05) is 0 Å². The number of non-ortho nitro benzene ring substituents is 2. The normalized spacial score (nSPS) is 10.8. The Morgan fingerprint density at radius 3 is 2.10 bits per heavy atom. The molecule has 2 aromatic carbocycles. The van der Waals surface area contributed by atoms with Gasteiger partial charge in [0.1, 0.15) is 5.52 Å². The molecule has 1 heterocycles. The van der Waals surface area contributed by atoms with Crippen LogP contribution in [0.5, 0.6) is 0 Å². The number of nitro groups is 2. The lowest BCUT2D eigenvalue weighted by molar-refractivity contribution is -0.393. The summed E-state index contributed by atoms with van der Waals surface area (Å²) in [5, 5.41) is 21.9. The lowest BCUT2D eigenvalue weighted by Crippen LogP contribution is -1.97. The summed E-state index contributed by atoms with van der Waals surface area (Å²) < 4.78 is 0. The Bertz CT molecular complexity index is 878. The second-order valence-corrected chi connectivity index (χ2v) is 4.06. The van der Waals surface area contributed by atoms with Gasteiger partial charge in [0.15, 0.2) is 5.52 Å². The molecule has 1 aromatic heterocycles. The number of fused-ring (bicyclic) bond motifs is 2. The Kier molecular flexibility index (Phi) is 2.50. The van der Waals surface area contributed by atoms with E-state index in [4.69, 9.17) is 0 Å². The van der Waals surface area contributed by atoms with Crippen LogP contribution in [-0.2, 0) is 0 Å². The molecule has 98 valence electrons. The Morgan fingerprint density at radius 2 is 1.50 bits per heavy atom. The summed E-state index contributed by atoms with van der Waals surface area (Å²) in [6.45, 7) is 0. The van der Waals surface area contributed by atoms with Crippen molar-refractivity contribution in [2.45, 2.75) is 0 Å². The quantitative estimate of drug-likeness (QED) is 0.402. The lowest BCUT2D eigenvalue weighted by Gasteiger charge is -2.01. The summed E-state index contributed by atoms with van der Waals surface area (Å²) in [5.41, 5.74) is 0.386. The third-order valence-corrected chi connectivity index (χ3v) is 2.82. The zero-order valence-corrected chi connectivity index (χ0v) is 9.89. The number of hydrogen-bond donors (Lipinski definition) is 0. The SMILES string of the molecule is O=[N+]([O-])c1cc([N+](=O)[O-])c2nc3ccccc3nc2c1. The van der Waals surface area contributed by atoms with Crippen LogP contribution in [0.1, 0.15) is 0 Å². The summed E-state index contributed by atoms with van der Waals surface area (Å²) >= 11 is 0. The first-order valence-electron chi connectivity index (χ1n) is 5.55. The molecule has 0 saturated carbocycles. The van der Waals surface area contributed by atoms with Crippen molar-refractivity contribution in [1.29, 1.82) is 0 Å². The van der Waals surface area contributed by atoms with E-state index in [2.05, 4.69) is 9.97 Å². The third kappa shape index (κ3) is 1.79. The van der Waals surface area contributed by atoms with Crippen LogP contribution in [0.3, 0.4) is 0 Å². The van der Waals surface area contributed by atoms with Crippen molar-refractivity contribution in [2.75, 3.05) is 0 Å². The number of rotatable bonds is 2. The van der Waals surface area contributed by atoms with E-state index in [1.54, 1.807) is 24.3 Å². The fourth-order valence-corrected chi connectivity index (χ4v) is 1.94. The third-order valence-electron chi connectivity index (χ3n) is 2.82. The first-order chi connectivity index (χ1) is 9.56. The van der Waals surface area contributed by atoms with Crippen molar-refractivity contribution in [2.24, 2.45) is 0 Å². The molecule has 0 N–H and O–H groups in total. The Labute approximate surface area is 111 Å². The highest BCUT2D eigenvalue weighted by Gasteiger charge is 2.21. The van der Waals surface area contributed by atoms with Gasteiger partial charge in [-0.2, -0.15) is 0 Å². The first-order valence-corrected chi connectivity index (χ1v) is 5.55. The molecule has 0 aliphatic heterocycles. The molecule has 0 amide bonds. The van der Waals surface area contributed by atoms with Gasteiger partial charge in [-0.15, -0.1) is 0 Å². The average Bonchev–Trinajstić information content (AvgIpc) is 2.43. The van der Waals surface area contributed by atoms with Gasteiger partial charge in [-0.1, -0.05) is 12.1 Å². The zero-order chi connectivity index (χ0) is 14.3. The summed E-state index contributed by atoms with van der Waals surface area (Å²) in [5.74, 6) is 0. The van der Waals surface area contributed by atoms with Crippen LogP contribution in [0.25, 0.3) is 22.1 Å².